The van der Waals surface area contributed by atoms with Gasteiger partial charge in [0.15, 0.2) is 0 Å². The minimum absolute atomic E-state index is 0.0419. The Morgan fingerprint density at radius 1 is 0.970 bits per heavy atom. The fourth-order valence-electron chi connectivity index (χ4n) is 4.04. The van der Waals surface area contributed by atoms with Crippen LogP contribution in [0.4, 0.5) is 11.4 Å². The zero-order valence-corrected chi connectivity index (χ0v) is 19.1. The zero-order chi connectivity index (χ0) is 23.0. The van der Waals surface area contributed by atoms with Crippen molar-refractivity contribution >= 4 is 34.8 Å². The molecule has 6 nitrogen and oxygen atoms in total. The summed E-state index contributed by atoms with van der Waals surface area (Å²) in [6.45, 7) is 2.62. The number of carbonyl (C=O) groups is 2. The van der Waals surface area contributed by atoms with Crippen molar-refractivity contribution in [3.63, 3.8) is 0 Å². The molecule has 2 aromatic carbocycles. The molecule has 1 fully saturated rings. The number of halogens is 1. The third-order valence-electron chi connectivity index (χ3n) is 5.95. The third kappa shape index (κ3) is 6.33. The van der Waals surface area contributed by atoms with Crippen molar-refractivity contribution < 1.29 is 9.59 Å². The van der Waals surface area contributed by atoms with Crippen molar-refractivity contribution in [1.29, 1.82) is 0 Å². The Hall–Kier alpha value is -3.38. The molecule has 7 heteroatoms. The van der Waals surface area contributed by atoms with Gasteiger partial charge in [0.2, 0.25) is 5.91 Å². The Bertz CT molecular complexity index is 1080. The summed E-state index contributed by atoms with van der Waals surface area (Å²) >= 11 is 5.90. The van der Waals surface area contributed by atoms with Gasteiger partial charge in [-0.25, -0.2) is 0 Å². The van der Waals surface area contributed by atoms with Crippen LogP contribution < -0.4 is 15.5 Å². The smallest absolute Gasteiger partial charge is 0.255 e. The number of amides is 2. The van der Waals surface area contributed by atoms with Crippen molar-refractivity contribution in [3.05, 3.63) is 89.2 Å². The maximum Gasteiger partial charge on any atom is 0.255 e. The Morgan fingerprint density at radius 3 is 2.39 bits per heavy atom. The second-order valence-corrected chi connectivity index (χ2v) is 8.67. The van der Waals surface area contributed by atoms with Gasteiger partial charge in [0.25, 0.3) is 5.91 Å². The molecule has 2 N–H and O–H groups in total. The summed E-state index contributed by atoms with van der Waals surface area (Å²) in [7, 11) is 0. The van der Waals surface area contributed by atoms with Gasteiger partial charge in [-0.05, 0) is 66.8 Å². The summed E-state index contributed by atoms with van der Waals surface area (Å²) in [6.07, 6.45) is 5.92. The molecule has 0 atom stereocenters. The van der Waals surface area contributed by atoms with Gasteiger partial charge in [-0.1, -0.05) is 29.8 Å². The van der Waals surface area contributed by atoms with E-state index in [9.17, 15) is 9.59 Å². The van der Waals surface area contributed by atoms with Gasteiger partial charge in [0.05, 0.1) is 6.42 Å². The molecule has 1 aliphatic rings. The van der Waals surface area contributed by atoms with Crippen LogP contribution in [-0.2, 0) is 11.2 Å². The summed E-state index contributed by atoms with van der Waals surface area (Å²) in [5, 5.41) is 6.56. The number of hydrogen-bond acceptors (Lipinski definition) is 4. The zero-order valence-electron chi connectivity index (χ0n) is 18.3. The normalized spacial score (nSPS) is 14.0. The monoisotopic (exact) mass is 462 g/mol. The van der Waals surface area contributed by atoms with E-state index in [0.717, 1.165) is 31.5 Å². The number of piperidine rings is 1. The molecule has 2 heterocycles. The lowest BCUT2D eigenvalue weighted by Gasteiger charge is -2.33. The van der Waals surface area contributed by atoms with Crippen LogP contribution in [0.15, 0.2) is 73.1 Å². The fraction of sp³-hybridized carbons (Fsp3) is 0.269. The van der Waals surface area contributed by atoms with E-state index >= 15 is 0 Å². The predicted molar refractivity (Wildman–Crippen MR) is 132 cm³/mol. The number of nitrogens with zero attached hydrogens (tertiary/aromatic N) is 2. The number of carbonyl (C=O) groups excluding carboxylic acids is 2. The largest absolute Gasteiger partial charge is 0.371 e. The van der Waals surface area contributed by atoms with Crippen LogP contribution in [0.25, 0.3) is 0 Å². The van der Waals surface area contributed by atoms with E-state index in [1.165, 1.54) is 5.69 Å². The van der Waals surface area contributed by atoms with Crippen LogP contribution in [0.5, 0.6) is 0 Å². The predicted octanol–water partition coefficient (Wildman–Crippen LogP) is 4.56. The van der Waals surface area contributed by atoms with Crippen molar-refractivity contribution in [3.8, 4) is 0 Å². The molecule has 4 rings (SSSR count). The summed E-state index contributed by atoms with van der Waals surface area (Å²) < 4.78 is 0. The second-order valence-electron chi connectivity index (χ2n) is 8.23. The molecule has 0 saturated carbocycles. The molecule has 0 unspecified atom stereocenters. The van der Waals surface area contributed by atoms with Crippen molar-refractivity contribution in [2.24, 2.45) is 5.92 Å². The van der Waals surface area contributed by atoms with Gasteiger partial charge in [-0.15, -0.1) is 0 Å². The molecule has 3 aromatic rings. The van der Waals surface area contributed by atoms with E-state index in [4.69, 9.17) is 11.6 Å². The lowest BCUT2D eigenvalue weighted by atomic mass is 9.96. The topological polar surface area (TPSA) is 74.3 Å². The molecule has 0 spiro atoms. The summed E-state index contributed by atoms with van der Waals surface area (Å²) in [5.74, 6) is 0.187. The lowest BCUT2D eigenvalue weighted by Crippen LogP contribution is -2.39. The highest BCUT2D eigenvalue weighted by atomic mass is 35.5. The number of aromatic nitrogens is 1. The quantitative estimate of drug-likeness (QED) is 0.539. The number of benzene rings is 2. The average molecular weight is 463 g/mol. The maximum atomic E-state index is 12.6. The highest BCUT2D eigenvalue weighted by molar-refractivity contribution is 6.30. The number of nitrogens with one attached hydrogen (secondary N) is 2. The van der Waals surface area contributed by atoms with Gasteiger partial charge in [0, 0.05) is 54.0 Å². The molecule has 2 amide bonds. The van der Waals surface area contributed by atoms with Crippen molar-refractivity contribution in [1.82, 2.24) is 10.3 Å². The number of pyridine rings is 1. The number of para-hydroxylation sites is 1. The fourth-order valence-corrected chi connectivity index (χ4v) is 4.16. The molecule has 0 aliphatic carbocycles. The molecule has 0 radical (unpaired) electrons. The average Bonchev–Trinajstić information content (AvgIpc) is 2.85. The second kappa shape index (κ2) is 11.0. The highest BCUT2D eigenvalue weighted by Crippen LogP contribution is 2.22. The molecule has 170 valence electrons. The molecular formula is C26H27ClN4O2. The van der Waals surface area contributed by atoms with Gasteiger partial charge in [0.1, 0.15) is 0 Å². The maximum absolute atomic E-state index is 12.6. The summed E-state index contributed by atoms with van der Waals surface area (Å²) in [4.78, 5) is 31.6. The van der Waals surface area contributed by atoms with E-state index in [1.54, 1.807) is 24.3 Å². The number of hydrogen-bond donors (Lipinski definition) is 2. The first-order valence-electron chi connectivity index (χ1n) is 11.1. The molecule has 1 saturated heterocycles. The van der Waals surface area contributed by atoms with E-state index in [1.807, 2.05) is 48.8 Å². The van der Waals surface area contributed by atoms with Gasteiger partial charge >= 0.3 is 0 Å². The van der Waals surface area contributed by atoms with Crippen LogP contribution in [0, 0.1) is 5.92 Å². The third-order valence-corrected chi connectivity index (χ3v) is 6.21. The Labute approximate surface area is 199 Å². The highest BCUT2D eigenvalue weighted by Gasteiger charge is 2.20. The van der Waals surface area contributed by atoms with Crippen LogP contribution in [0.1, 0.15) is 28.8 Å². The molecule has 0 bridgehead atoms. The molecule has 1 aliphatic heterocycles. The molecule has 1 aromatic heterocycles. The van der Waals surface area contributed by atoms with Crippen LogP contribution >= 0.6 is 11.6 Å². The van der Waals surface area contributed by atoms with Crippen LogP contribution in [0.2, 0.25) is 5.02 Å². The van der Waals surface area contributed by atoms with Crippen molar-refractivity contribution in [2.75, 3.05) is 29.9 Å². The minimum Gasteiger partial charge on any atom is -0.371 e. The Kier molecular flexibility index (Phi) is 7.58. The first-order valence-corrected chi connectivity index (χ1v) is 11.5. The Morgan fingerprint density at radius 2 is 1.67 bits per heavy atom. The standard InChI is InChI=1S/C26H27ClN4O2/c27-22-7-5-20(6-8-22)26(33)30-24-4-2-1-3-21(24)17-25(32)29-18-19-11-15-31(16-12-19)23-9-13-28-14-10-23/h1-10,13-14,19H,11-12,15-18H2,(H,29,32)(H,30,33). The van der Waals surface area contributed by atoms with Crippen molar-refractivity contribution in [2.45, 2.75) is 19.3 Å². The summed E-state index contributed by atoms with van der Waals surface area (Å²) in [5.41, 5.74) is 3.13. The first-order chi connectivity index (χ1) is 16.1. The van der Waals surface area contributed by atoms with Gasteiger partial charge in [-0.3, -0.25) is 14.6 Å². The number of rotatable bonds is 7. The minimum atomic E-state index is -0.236. The van der Waals surface area contributed by atoms with Crippen LogP contribution in [0.3, 0.4) is 0 Å². The number of anilines is 2. The molecular weight excluding hydrogens is 436 g/mol. The van der Waals surface area contributed by atoms with Gasteiger partial charge < -0.3 is 15.5 Å². The SMILES string of the molecule is O=C(Cc1ccccc1NC(=O)c1ccc(Cl)cc1)NCC1CCN(c2ccncc2)CC1. The first kappa shape index (κ1) is 22.8. The van der Waals surface area contributed by atoms with Crippen LogP contribution in [-0.4, -0.2) is 36.4 Å². The summed E-state index contributed by atoms with van der Waals surface area (Å²) in [6, 6.07) is 18.2. The van der Waals surface area contributed by atoms with E-state index < -0.39 is 0 Å². The molecule has 33 heavy (non-hydrogen) atoms. The van der Waals surface area contributed by atoms with E-state index in [0.29, 0.717) is 28.7 Å². The Balaban J connectivity index is 1.27. The van der Waals surface area contributed by atoms with E-state index in [-0.39, 0.29) is 18.2 Å². The van der Waals surface area contributed by atoms with E-state index in [2.05, 4.69) is 20.5 Å². The van der Waals surface area contributed by atoms with Gasteiger partial charge in [-0.2, -0.15) is 0 Å². The lowest BCUT2D eigenvalue weighted by molar-refractivity contribution is -0.120.